The van der Waals surface area contributed by atoms with Crippen molar-refractivity contribution in [3.63, 3.8) is 0 Å². The molecule has 0 bridgehead atoms. The van der Waals surface area contributed by atoms with Crippen molar-refractivity contribution in [1.29, 1.82) is 0 Å². The minimum Gasteiger partial charge on any atom is -0.366 e. The molecule has 0 heterocycles. The van der Waals surface area contributed by atoms with Gasteiger partial charge in [-0.25, -0.2) is 0 Å². The average molecular weight is 620 g/mol. The van der Waals surface area contributed by atoms with E-state index in [4.69, 9.17) is 28.9 Å². The monoisotopic (exact) mass is 618 g/mol. The van der Waals surface area contributed by atoms with Gasteiger partial charge < -0.3 is 21.7 Å². The molecule has 0 atom stereocenters. The lowest BCUT2D eigenvalue weighted by Gasteiger charge is -2.13. The predicted octanol–water partition coefficient (Wildman–Crippen LogP) is 6.23. The number of primary amides is 1. The van der Waals surface area contributed by atoms with E-state index in [1.54, 1.807) is 78.9 Å². The second kappa shape index (κ2) is 14.4. The summed E-state index contributed by atoms with van der Waals surface area (Å²) in [5, 5.41) is 8.95. The maximum atomic E-state index is 13.3. The summed E-state index contributed by atoms with van der Waals surface area (Å²) in [5.74, 6) is -1.76. The summed E-state index contributed by atoms with van der Waals surface area (Å²) in [6, 6.07) is 26.5. The molecule has 0 aliphatic rings. The molecule has 0 saturated heterocycles. The third kappa shape index (κ3) is 8.71. The fraction of sp³-hybridized carbons (Fsp3) is 0.0323. The van der Waals surface area contributed by atoms with Crippen molar-refractivity contribution in [2.24, 2.45) is 5.73 Å². The molecule has 5 N–H and O–H groups in total. The minimum atomic E-state index is -0.579. The molecule has 0 aliphatic carbocycles. The highest BCUT2D eigenvalue weighted by Crippen LogP contribution is 2.25. The van der Waals surface area contributed by atoms with Gasteiger partial charge >= 0.3 is 0 Å². The molecule has 4 aromatic carbocycles. The second-order valence-corrected chi connectivity index (χ2v) is 10.7. The van der Waals surface area contributed by atoms with E-state index in [1.165, 1.54) is 36.0 Å². The first-order valence-corrected chi connectivity index (χ1v) is 14.2. The van der Waals surface area contributed by atoms with E-state index in [9.17, 15) is 19.2 Å². The van der Waals surface area contributed by atoms with Gasteiger partial charge in [0.05, 0.1) is 5.75 Å². The van der Waals surface area contributed by atoms with Crippen molar-refractivity contribution < 1.29 is 19.2 Å². The maximum Gasteiger partial charge on any atom is 0.272 e. The van der Waals surface area contributed by atoms with Crippen LogP contribution in [0.1, 0.15) is 26.3 Å². The lowest BCUT2D eigenvalue weighted by Crippen LogP contribution is -2.30. The van der Waals surface area contributed by atoms with Gasteiger partial charge in [0.2, 0.25) is 11.8 Å². The van der Waals surface area contributed by atoms with Crippen molar-refractivity contribution in [2.75, 3.05) is 16.4 Å². The SMILES string of the molecule is NC(=O)c1ccc(NC(=O)CSc2cccc(NC(=O)/C(=C\c3ccc(Cl)cc3Cl)NC(=O)c3ccccc3)c2)cc1. The summed E-state index contributed by atoms with van der Waals surface area (Å²) in [6.07, 6.45) is 1.47. The Hall–Kier alpha value is -4.57. The van der Waals surface area contributed by atoms with Crippen LogP contribution in [0.2, 0.25) is 10.0 Å². The zero-order valence-electron chi connectivity index (χ0n) is 21.9. The van der Waals surface area contributed by atoms with Gasteiger partial charge in [0.15, 0.2) is 0 Å². The number of halogens is 2. The number of amides is 4. The molecule has 212 valence electrons. The Labute approximate surface area is 256 Å². The van der Waals surface area contributed by atoms with E-state index in [0.717, 1.165) is 4.90 Å². The van der Waals surface area contributed by atoms with Crippen LogP contribution in [0, 0.1) is 0 Å². The largest absolute Gasteiger partial charge is 0.366 e. The van der Waals surface area contributed by atoms with Crippen molar-refractivity contribution in [1.82, 2.24) is 5.32 Å². The Morgan fingerprint density at radius 2 is 1.50 bits per heavy atom. The first-order chi connectivity index (χ1) is 20.2. The van der Waals surface area contributed by atoms with Crippen LogP contribution >= 0.6 is 35.0 Å². The molecule has 0 unspecified atom stereocenters. The van der Waals surface area contributed by atoms with Crippen LogP contribution in [-0.2, 0) is 9.59 Å². The van der Waals surface area contributed by atoms with Gasteiger partial charge in [-0.2, -0.15) is 0 Å². The average Bonchev–Trinajstić information content (AvgIpc) is 2.98. The Balaban J connectivity index is 1.45. The van der Waals surface area contributed by atoms with Gasteiger partial charge in [-0.1, -0.05) is 53.5 Å². The van der Waals surface area contributed by atoms with Crippen molar-refractivity contribution in [2.45, 2.75) is 4.90 Å². The number of carbonyl (C=O) groups is 4. The molecule has 11 heteroatoms. The zero-order valence-corrected chi connectivity index (χ0v) is 24.2. The molecule has 0 aliphatic heterocycles. The molecular formula is C31H24Cl2N4O4S. The Bertz CT molecular complexity index is 1660. The fourth-order valence-electron chi connectivity index (χ4n) is 3.64. The molecule has 0 fully saturated rings. The maximum absolute atomic E-state index is 13.3. The Morgan fingerprint density at radius 3 is 2.19 bits per heavy atom. The zero-order chi connectivity index (χ0) is 30.1. The van der Waals surface area contributed by atoms with Crippen molar-refractivity contribution in [3.05, 3.63) is 129 Å². The van der Waals surface area contributed by atoms with Crippen molar-refractivity contribution >= 4 is 76.0 Å². The third-order valence-corrected chi connectivity index (χ3v) is 7.26. The summed E-state index contributed by atoms with van der Waals surface area (Å²) in [7, 11) is 0. The smallest absolute Gasteiger partial charge is 0.272 e. The second-order valence-electron chi connectivity index (χ2n) is 8.80. The highest BCUT2D eigenvalue weighted by molar-refractivity contribution is 8.00. The van der Waals surface area contributed by atoms with E-state index in [0.29, 0.717) is 38.1 Å². The van der Waals surface area contributed by atoms with Crippen LogP contribution < -0.4 is 21.7 Å². The number of hydrogen-bond donors (Lipinski definition) is 4. The van der Waals surface area contributed by atoms with Gasteiger partial charge in [0.1, 0.15) is 5.70 Å². The molecule has 0 spiro atoms. The topological polar surface area (TPSA) is 130 Å². The Kier molecular flexibility index (Phi) is 10.4. The van der Waals surface area contributed by atoms with Crippen LogP contribution in [0.15, 0.2) is 108 Å². The minimum absolute atomic E-state index is 0.0344. The van der Waals surface area contributed by atoms with Crippen LogP contribution in [0.5, 0.6) is 0 Å². The van der Waals surface area contributed by atoms with Crippen LogP contribution in [-0.4, -0.2) is 29.4 Å². The molecule has 42 heavy (non-hydrogen) atoms. The Morgan fingerprint density at radius 1 is 0.762 bits per heavy atom. The number of benzene rings is 4. The molecule has 4 amide bonds. The summed E-state index contributed by atoms with van der Waals surface area (Å²) >= 11 is 13.6. The number of anilines is 2. The molecular weight excluding hydrogens is 595 g/mol. The standard InChI is InChI=1S/C31H24Cl2N4O4S/c32-22-12-9-21(26(33)16-22)15-27(37-30(40)20-5-2-1-3-6-20)31(41)36-24-7-4-8-25(17-24)42-18-28(38)35-23-13-10-19(11-14-23)29(34)39/h1-17H,18H2,(H2,34,39)(H,35,38)(H,36,41)(H,37,40)/b27-15+. The van der Waals surface area contributed by atoms with Crippen LogP contribution in [0.25, 0.3) is 6.08 Å². The number of rotatable bonds is 10. The molecule has 0 aromatic heterocycles. The lowest BCUT2D eigenvalue weighted by atomic mass is 10.1. The van der Waals surface area contributed by atoms with E-state index >= 15 is 0 Å². The quantitative estimate of drug-likeness (QED) is 0.124. The van der Waals surface area contributed by atoms with E-state index in [2.05, 4.69) is 16.0 Å². The third-order valence-electron chi connectivity index (χ3n) is 5.71. The number of thioether (sulfide) groups is 1. The summed E-state index contributed by atoms with van der Waals surface area (Å²) in [4.78, 5) is 50.6. The first kappa shape index (κ1) is 30.4. The predicted molar refractivity (Wildman–Crippen MR) is 168 cm³/mol. The van der Waals surface area contributed by atoms with Gasteiger partial charge in [-0.3, -0.25) is 19.2 Å². The number of nitrogens with two attached hydrogens (primary N) is 1. The van der Waals surface area contributed by atoms with Crippen LogP contribution in [0.3, 0.4) is 0 Å². The summed E-state index contributed by atoms with van der Waals surface area (Å²) in [5.41, 5.74) is 7.39. The highest BCUT2D eigenvalue weighted by Gasteiger charge is 2.16. The molecule has 8 nitrogen and oxygen atoms in total. The molecule has 0 saturated carbocycles. The molecule has 0 radical (unpaired) electrons. The normalized spacial score (nSPS) is 11.0. The lowest BCUT2D eigenvalue weighted by molar-refractivity contribution is -0.114. The highest BCUT2D eigenvalue weighted by atomic mass is 35.5. The molecule has 4 aromatic rings. The van der Waals surface area contributed by atoms with Gasteiger partial charge in [-0.15, -0.1) is 11.8 Å². The van der Waals surface area contributed by atoms with Gasteiger partial charge in [0, 0.05) is 37.4 Å². The van der Waals surface area contributed by atoms with Crippen molar-refractivity contribution in [3.8, 4) is 0 Å². The van der Waals surface area contributed by atoms with E-state index < -0.39 is 17.7 Å². The van der Waals surface area contributed by atoms with Crippen LogP contribution in [0.4, 0.5) is 11.4 Å². The fourth-order valence-corrected chi connectivity index (χ4v) is 4.86. The number of hydrogen-bond acceptors (Lipinski definition) is 5. The first-order valence-electron chi connectivity index (χ1n) is 12.4. The summed E-state index contributed by atoms with van der Waals surface area (Å²) in [6.45, 7) is 0. The van der Waals surface area contributed by atoms with Gasteiger partial charge in [0.25, 0.3) is 11.8 Å². The van der Waals surface area contributed by atoms with E-state index in [-0.39, 0.29) is 17.4 Å². The summed E-state index contributed by atoms with van der Waals surface area (Å²) < 4.78 is 0. The number of nitrogens with one attached hydrogen (secondary N) is 3. The van der Waals surface area contributed by atoms with Gasteiger partial charge in [-0.05, 0) is 78.4 Å². The van der Waals surface area contributed by atoms with E-state index in [1.807, 2.05) is 0 Å². The molecule has 4 rings (SSSR count). The number of carbonyl (C=O) groups excluding carboxylic acids is 4.